The third-order valence-electron chi connectivity index (χ3n) is 6.77. The van der Waals surface area contributed by atoms with Crippen LogP contribution in [0.2, 0.25) is 5.02 Å². The van der Waals surface area contributed by atoms with E-state index in [1.807, 2.05) is 4.57 Å². The molecule has 176 valence electrons. The average Bonchev–Trinajstić information content (AvgIpc) is 3.34. The van der Waals surface area contributed by atoms with Gasteiger partial charge in [0.1, 0.15) is 11.2 Å². The second kappa shape index (κ2) is 9.02. The molecule has 0 radical (unpaired) electrons. The number of nitrogens with zero attached hydrogens (tertiary/aromatic N) is 4. The van der Waals surface area contributed by atoms with Crippen molar-refractivity contribution in [1.29, 1.82) is 0 Å². The van der Waals surface area contributed by atoms with E-state index < -0.39 is 11.6 Å². The lowest BCUT2D eigenvalue weighted by Gasteiger charge is -2.28. The minimum Gasteiger partial charge on any atom is -0.393 e. The Morgan fingerprint density at radius 1 is 1.06 bits per heavy atom. The normalized spacial score (nSPS) is 25.5. The molecule has 1 aromatic carbocycles. The van der Waals surface area contributed by atoms with Crippen LogP contribution in [0.3, 0.4) is 0 Å². The summed E-state index contributed by atoms with van der Waals surface area (Å²) < 4.78 is 31.0. The Morgan fingerprint density at radius 2 is 1.79 bits per heavy atom. The molecule has 0 bridgehead atoms. The van der Waals surface area contributed by atoms with Crippen LogP contribution in [0.15, 0.2) is 18.3 Å². The van der Waals surface area contributed by atoms with Gasteiger partial charge in [0, 0.05) is 17.1 Å². The van der Waals surface area contributed by atoms with Crippen LogP contribution in [0.5, 0.6) is 0 Å². The summed E-state index contributed by atoms with van der Waals surface area (Å²) in [5.41, 5.74) is 0.858. The fourth-order valence-corrected chi connectivity index (χ4v) is 5.13. The number of fused-ring (bicyclic) bond motifs is 1. The van der Waals surface area contributed by atoms with Crippen molar-refractivity contribution in [1.82, 2.24) is 19.5 Å². The third kappa shape index (κ3) is 4.61. The molecule has 7 nitrogen and oxygen atoms in total. The summed E-state index contributed by atoms with van der Waals surface area (Å²) in [6.45, 7) is 2.24. The third-order valence-corrected chi connectivity index (χ3v) is 6.98. The van der Waals surface area contributed by atoms with Gasteiger partial charge in [-0.15, -0.1) is 0 Å². The van der Waals surface area contributed by atoms with Crippen LogP contribution in [0.4, 0.5) is 26.4 Å². The van der Waals surface area contributed by atoms with E-state index in [4.69, 9.17) is 16.6 Å². The molecule has 33 heavy (non-hydrogen) atoms. The monoisotopic (exact) mass is 476 g/mol. The largest absolute Gasteiger partial charge is 0.393 e. The number of aromatic nitrogens is 4. The SMILES string of the molecule is C[C@H]1CC[C@@H](n2c(Nc3c(F)cc(Cl)cc3F)nc3cnc(N[C@H]4CC[C@H](O)C4)nc32)CC1. The van der Waals surface area contributed by atoms with Gasteiger partial charge in [0.25, 0.3) is 0 Å². The molecule has 2 fully saturated rings. The number of aliphatic hydroxyl groups excluding tert-OH is 1. The van der Waals surface area contributed by atoms with E-state index in [1.165, 1.54) is 0 Å². The summed E-state index contributed by atoms with van der Waals surface area (Å²) in [4.78, 5) is 13.7. The van der Waals surface area contributed by atoms with E-state index >= 15 is 0 Å². The molecule has 2 saturated carbocycles. The molecule has 2 aromatic heterocycles. The van der Waals surface area contributed by atoms with Gasteiger partial charge in [0.15, 0.2) is 17.3 Å². The Kier molecular flexibility index (Phi) is 6.09. The van der Waals surface area contributed by atoms with Crippen LogP contribution < -0.4 is 10.6 Å². The maximum absolute atomic E-state index is 14.5. The number of aliphatic hydroxyl groups is 1. The van der Waals surface area contributed by atoms with Gasteiger partial charge < -0.3 is 15.7 Å². The summed E-state index contributed by atoms with van der Waals surface area (Å²) in [6.07, 6.45) is 7.55. The molecule has 0 amide bonds. The molecule has 10 heteroatoms. The van der Waals surface area contributed by atoms with Crippen molar-refractivity contribution in [2.24, 2.45) is 5.92 Å². The Bertz CT molecular complexity index is 1140. The number of halogens is 3. The highest BCUT2D eigenvalue weighted by atomic mass is 35.5. The van der Waals surface area contributed by atoms with Crippen LogP contribution in [0, 0.1) is 17.6 Å². The van der Waals surface area contributed by atoms with E-state index in [0.29, 0.717) is 35.4 Å². The van der Waals surface area contributed by atoms with Crippen molar-refractivity contribution >= 4 is 40.3 Å². The zero-order chi connectivity index (χ0) is 23.1. The highest BCUT2D eigenvalue weighted by molar-refractivity contribution is 6.30. The van der Waals surface area contributed by atoms with Crippen molar-refractivity contribution in [2.75, 3.05) is 10.6 Å². The molecule has 2 aliphatic carbocycles. The maximum Gasteiger partial charge on any atom is 0.224 e. The first-order chi connectivity index (χ1) is 15.9. The first-order valence-corrected chi connectivity index (χ1v) is 11.9. The van der Waals surface area contributed by atoms with Gasteiger partial charge in [-0.25, -0.2) is 18.7 Å². The predicted molar refractivity (Wildman–Crippen MR) is 124 cm³/mol. The van der Waals surface area contributed by atoms with Crippen LogP contribution in [0.25, 0.3) is 11.2 Å². The zero-order valence-electron chi connectivity index (χ0n) is 18.4. The number of benzene rings is 1. The van der Waals surface area contributed by atoms with Crippen LogP contribution >= 0.6 is 11.6 Å². The second-order valence-corrected chi connectivity index (χ2v) is 9.74. The maximum atomic E-state index is 14.5. The van der Waals surface area contributed by atoms with Crippen molar-refractivity contribution < 1.29 is 13.9 Å². The summed E-state index contributed by atoms with van der Waals surface area (Å²) in [5, 5.41) is 16.0. The lowest BCUT2D eigenvalue weighted by Crippen LogP contribution is -2.20. The number of hydrogen-bond acceptors (Lipinski definition) is 6. The average molecular weight is 477 g/mol. The first kappa shape index (κ1) is 22.3. The number of rotatable bonds is 5. The van der Waals surface area contributed by atoms with Gasteiger partial charge in [-0.05, 0) is 63.0 Å². The van der Waals surface area contributed by atoms with Gasteiger partial charge in [-0.1, -0.05) is 18.5 Å². The van der Waals surface area contributed by atoms with Gasteiger partial charge in [-0.2, -0.15) is 4.98 Å². The molecule has 5 rings (SSSR count). The van der Waals surface area contributed by atoms with Gasteiger partial charge >= 0.3 is 0 Å². The van der Waals surface area contributed by atoms with E-state index in [9.17, 15) is 13.9 Å². The Morgan fingerprint density at radius 3 is 2.45 bits per heavy atom. The molecule has 2 heterocycles. The highest BCUT2D eigenvalue weighted by Crippen LogP contribution is 2.37. The quantitative estimate of drug-likeness (QED) is 0.445. The summed E-state index contributed by atoms with van der Waals surface area (Å²) in [7, 11) is 0. The second-order valence-electron chi connectivity index (χ2n) is 9.30. The van der Waals surface area contributed by atoms with Crippen LogP contribution in [-0.4, -0.2) is 36.8 Å². The smallest absolute Gasteiger partial charge is 0.224 e. The molecule has 3 aromatic rings. The highest BCUT2D eigenvalue weighted by Gasteiger charge is 2.27. The molecule has 0 unspecified atom stereocenters. The molecule has 2 atom stereocenters. The number of anilines is 3. The molecular weight excluding hydrogens is 450 g/mol. The fourth-order valence-electron chi connectivity index (χ4n) is 4.94. The fraction of sp³-hybridized carbons (Fsp3) is 0.522. The van der Waals surface area contributed by atoms with Gasteiger partial charge in [0.2, 0.25) is 11.9 Å². The molecular formula is C23H27ClF2N6O. The number of imidazole rings is 1. The van der Waals surface area contributed by atoms with E-state index in [2.05, 4.69) is 27.5 Å². The number of nitrogens with one attached hydrogen (secondary N) is 2. The molecule has 2 aliphatic rings. The van der Waals surface area contributed by atoms with Crippen molar-refractivity contribution in [3.63, 3.8) is 0 Å². The molecule has 3 N–H and O–H groups in total. The minimum absolute atomic E-state index is 0.0102. The van der Waals surface area contributed by atoms with E-state index in [0.717, 1.165) is 50.7 Å². The Balaban J connectivity index is 1.54. The van der Waals surface area contributed by atoms with E-state index in [1.54, 1.807) is 6.20 Å². The topological polar surface area (TPSA) is 87.9 Å². The molecule has 0 aliphatic heterocycles. The first-order valence-electron chi connectivity index (χ1n) is 11.5. The van der Waals surface area contributed by atoms with Gasteiger partial charge in [0.05, 0.1) is 12.3 Å². The van der Waals surface area contributed by atoms with Crippen LogP contribution in [0.1, 0.15) is 57.9 Å². The summed E-state index contributed by atoms with van der Waals surface area (Å²) in [6, 6.07) is 2.35. The lowest BCUT2D eigenvalue weighted by molar-refractivity contribution is 0.182. The Hall–Kier alpha value is -2.52. The summed E-state index contributed by atoms with van der Waals surface area (Å²) >= 11 is 5.78. The van der Waals surface area contributed by atoms with Crippen molar-refractivity contribution in [3.8, 4) is 0 Å². The van der Waals surface area contributed by atoms with Crippen molar-refractivity contribution in [2.45, 2.75) is 70.1 Å². The van der Waals surface area contributed by atoms with Crippen LogP contribution in [-0.2, 0) is 0 Å². The van der Waals surface area contributed by atoms with Gasteiger partial charge in [-0.3, -0.25) is 4.57 Å². The number of hydrogen-bond donors (Lipinski definition) is 3. The molecule has 0 spiro atoms. The minimum atomic E-state index is -0.788. The Labute approximate surface area is 195 Å². The molecule has 0 saturated heterocycles. The van der Waals surface area contributed by atoms with E-state index in [-0.39, 0.29) is 28.9 Å². The zero-order valence-corrected chi connectivity index (χ0v) is 19.1. The standard InChI is InChI=1S/C23H27ClF2N6O/c1-12-2-5-15(6-3-12)32-21-19(11-27-22(31-21)28-14-4-7-16(33)10-14)29-23(32)30-20-17(25)8-13(24)9-18(20)26/h8-9,11-12,14-16,33H,2-7,10H2,1H3,(H,29,30)(H,27,28,31)/t12-,14-,15+,16-/m0/s1. The predicted octanol–water partition coefficient (Wildman–Crippen LogP) is 5.58. The van der Waals surface area contributed by atoms with Crippen molar-refractivity contribution in [3.05, 3.63) is 35.0 Å². The lowest BCUT2D eigenvalue weighted by atomic mass is 9.87. The summed E-state index contributed by atoms with van der Waals surface area (Å²) in [5.74, 6) is -0.151.